The number of rotatable bonds is 13. The number of anilines is 1. The van der Waals surface area contributed by atoms with Gasteiger partial charge in [0.15, 0.2) is 0 Å². The molecule has 2 aromatic rings. The lowest BCUT2D eigenvalue weighted by Gasteiger charge is -2.18. The zero-order valence-corrected chi connectivity index (χ0v) is 21.6. The van der Waals surface area contributed by atoms with Crippen molar-refractivity contribution in [3.63, 3.8) is 0 Å². The fraction of sp³-hybridized carbons (Fsp3) is 0.286. The summed E-state index contributed by atoms with van der Waals surface area (Å²) in [6.07, 6.45) is -0.00673. The molecule has 0 saturated heterocycles. The molecule has 2 aromatic carbocycles. The second kappa shape index (κ2) is 13.2. The maximum Gasteiger partial charge on any atom is 0.262 e. The van der Waals surface area contributed by atoms with E-state index in [1.54, 1.807) is 0 Å². The van der Waals surface area contributed by atoms with Crippen LogP contribution >= 0.6 is 0 Å². The molecule has 2 rings (SSSR count). The fourth-order valence-electron chi connectivity index (χ4n) is 2.97. The van der Waals surface area contributed by atoms with Crippen LogP contribution < -0.4 is 24.3 Å². The maximum absolute atomic E-state index is 12.3. The molecule has 0 aliphatic heterocycles. The molecule has 0 bridgehead atoms. The third-order valence-electron chi connectivity index (χ3n) is 4.59. The molecule has 38 heavy (non-hydrogen) atoms. The number of likely N-dealkylation sites (N-methyl/N-ethyl adjacent to an activating group) is 1. The first-order chi connectivity index (χ1) is 17.6. The Kier molecular flexibility index (Phi) is 10.5. The number of carbonyl (C=O) groups excluding carboxylic acids is 3. The fourth-order valence-corrected chi connectivity index (χ4v) is 3.71. The Bertz CT molecular complexity index is 1380. The second-order valence-electron chi connectivity index (χ2n) is 7.59. The highest BCUT2D eigenvalue weighted by atomic mass is 32.3. The summed E-state index contributed by atoms with van der Waals surface area (Å²) in [6, 6.07) is 8.13. The molecule has 0 fully saturated rings. The molecule has 0 spiro atoms. The Morgan fingerprint density at radius 2 is 1.50 bits per heavy atom. The molecule has 17 heteroatoms. The quantitative estimate of drug-likeness (QED) is 0.196. The number of carbonyl (C=O) groups is 3. The van der Waals surface area contributed by atoms with Crippen molar-refractivity contribution < 1.29 is 53.4 Å². The first-order valence-electron chi connectivity index (χ1n) is 10.5. The van der Waals surface area contributed by atoms with Crippen LogP contribution in [0.2, 0.25) is 0 Å². The van der Waals surface area contributed by atoms with E-state index in [0.717, 1.165) is 6.07 Å². The standard InChI is InChI=1S/C21H25N3O12S2/c1-13-3-6-15(10-18(13)36-38(31,32)33)23-19(25)11-34-12-20(26)24-17(21(27)22-2)9-14-4-7-16(8-5-14)35-37(28,29)30/h3-8,10,17H,9,11-12H2,1-2H3,(H,22,27)(H,23,25)(H,24,26)(H,28,29,30)(H,31,32,33)/p-2. The SMILES string of the molecule is CNC(=O)C(Cc1ccc(OS(=O)(=O)[O-])cc1)NC(=O)COCC(=O)Nc1ccc(C)c(OS(=O)(=O)[O-])c1. The van der Waals surface area contributed by atoms with Crippen molar-refractivity contribution in [3.05, 3.63) is 53.6 Å². The number of benzene rings is 2. The van der Waals surface area contributed by atoms with Crippen LogP contribution in [0.5, 0.6) is 11.5 Å². The second-order valence-corrected chi connectivity index (χ2v) is 9.55. The smallest absolute Gasteiger partial charge is 0.262 e. The van der Waals surface area contributed by atoms with Crippen LogP contribution in [0.15, 0.2) is 42.5 Å². The summed E-state index contributed by atoms with van der Waals surface area (Å²) in [7, 11) is -8.60. The Morgan fingerprint density at radius 1 is 0.895 bits per heavy atom. The van der Waals surface area contributed by atoms with Gasteiger partial charge in [-0.25, -0.2) is 16.8 Å². The van der Waals surface area contributed by atoms with E-state index in [-0.39, 0.29) is 23.6 Å². The van der Waals surface area contributed by atoms with E-state index >= 15 is 0 Å². The van der Waals surface area contributed by atoms with Gasteiger partial charge in [0, 0.05) is 25.2 Å². The highest BCUT2D eigenvalue weighted by Crippen LogP contribution is 2.23. The van der Waals surface area contributed by atoms with Gasteiger partial charge in [-0.05, 0) is 36.2 Å². The summed E-state index contributed by atoms with van der Waals surface area (Å²) in [5, 5.41) is 7.21. The van der Waals surface area contributed by atoms with Gasteiger partial charge in [0.05, 0.1) is 0 Å². The minimum absolute atomic E-state index is 0.00673. The predicted molar refractivity (Wildman–Crippen MR) is 127 cm³/mol. The van der Waals surface area contributed by atoms with E-state index in [9.17, 15) is 40.3 Å². The molecule has 208 valence electrons. The minimum atomic E-state index is -5.01. The Morgan fingerprint density at radius 3 is 2.08 bits per heavy atom. The van der Waals surface area contributed by atoms with Crippen LogP contribution in [-0.2, 0) is 46.3 Å². The number of hydrogen-bond acceptors (Lipinski definition) is 12. The van der Waals surface area contributed by atoms with E-state index in [1.165, 1.54) is 50.4 Å². The van der Waals surface area contributed by atoms with Crippen molar-refractivity contribution in [3.8, 4) is 11.5 Å². The first kappa shape index (κ1) is 30.5. The number of hydrogen-bond donors (Lipinski definition) is 3. The molecule has 1 unspecified atom stereocenters. The van der Waals surface area contributed by atoms with E-state index in [1.807, 2.05) is 0 Å². The summed E-state index contributed by atoms with van der Waals surface area (Å²) < 4.78 is 77.9. The zero-order chi connectivity index (χ0) is 28.5. The van der Waals surface area contributed by atoms with Crippen molar-refractivity contribution in [1.29, 1.82) is 0 Å². The molecular weight excluding hydrogens is 550 g/mol. The monoisotopic (exact) mass is 573 g/mol. The van der Waals surface area contributed by atoms with E-state index in [2.05, 4.69) is 24.3 Å². The molecule has 0 saturated carbocycles. The van der Waals surface area contributed by atoms with Crippen LogP contribution in [0.4, 0.5) is 5.69 Å². The van der Waals surface area contributed by atoms with Crippen molar-refractivity contribution >= 4 is 44.2 Å². The molecule has 0 radical (unpaired) electrons. The third kappa shape index (κ3) is 11.1. The number of ether oxygens (including phenoxy) is 1. The minimum Gasteiger partial charge on any atom is -0.716 e. The van der Waals surface area contributed by atoms with Crippen molar-refractivity contribution in [2.24, 2.45) is 0 Å². The van der Waals surface area contributed by atoms with Crippen molar-refractivity contribution in [1.82, 2.24) is 10.6 Å². The van der Waals surface area contributed by atoms with Gasteiger partial charge in [0.25, 0.3) is 20.8 Å². The van der Waals surface area contributed by atoms with Gasteiger partial charge < -0.3 is 38.2 Å². The topological polar surface area (TPSA) is 229 Å². The third-order valence-corrected chi connectivity index (χ3v) is 5.37. The predicted octanol–water partition coefficient (Wildman–Crippen LogP) is -0.898. The normalized spacial score (nSPS) is 12.2. The van der Waals surface area contributed by atoms with Crippen LogP contribution in [-0.4, -0.2) is 70.0 Å². The molecule has 0 aromatic heterocycles. The highest BCUT2D eigenvalue weighted by molar-refractivity contribution is 7.81. The van der Waals surface area contributed by atoms with Crippen LogP contribution in [0.25, 0.3) is 0 Å². The average molecular weight is 574 g/mol. The number of nitrogens with one attached hydrogen (secondary N) is 3. The van der Waals surface area contributed by atoms with Crippen molar-refractivity contribution in [2.45, 2.75) is 19.4 Å². The van der Waals surface area contributed by atoms with E-state index < -0.39 is 57.8 Å². The summed E-state index contributed by atoms with van der Waals surface area (Å²) >= 11 is 0. The van der Waals surface area contributed by atoms with Crippen LogP contribution in [0.1, 0.15) is 11.1 Å². The molecule has 0 heterocycles. The lowest BCUT2D eigenvalue weighted by atomic mass is 10.1. The summed E-state index contributed by atoms with van der Waals surface area (Å²) in [5.41, 5.74) is 0.943. The molecule has 1 atom stereocenters. The van der Waals surface area contributed by atoms with Gasteiger partial charge in [-0.2, -0.15) is 0 Å². The van der Waals surface area contributed by atoms with Gasteiger partial charge in [0.1, 0.15) is 30.8 Å². The lowest BCUT2D eigenvalue weighted by molar-refractivity contribution is -0.132. The van der Waals surface area contributed by atoms with Crippen LogP contribution in [0.3, 0.4) is 0 Å². The zero-order valence-electron chi connectivity index (χ0n) is 20.0. The summed E-state index contributed by atoms with van der Waals surface area (Å²) in [6.45, 7) is 0.322. The molecule has 15 nitrogen and oxygen atoms in total. The average Bonchev–Trinajstić information content (AvgIpc) is 2.79. The number of amides is 3. The molecule has 0 aliphatic carbocycles. The molecule has 3 amide bonds. The first-order valence-corrected chi connectivity index (χ1v) is 13.2. The highest BCUT2D eigenvalue weighted by Gasteiger charge is 2.20. The Labute approximate surface area is 218 Å². The van der Waals surface area contributed by atoms with E-state index in [4.69, 9.17) is 4.74 Å². The summed E-state index contributed by atoms with van der Waals surface area (Å²) in [5.74, 6) is -2.47. The Balaban J connectivity index is 1.89. The van der Waals surface area contributed by atoms with Crippen molar-refractivity contribution in [2.75, 3.05) is 25.6 Å². The molecule has 0 aliphatic rings. The molecular formula is C21H23N3O12S2-2. The van der Waals surface area contributed by atoms with Crippen LogP contribution in [0, 0.1) is 6.92 Å². The number of aryl methyl sites for hydroxylation is 1. The maximum atomic E-state index is 12.3. The van der Waals surface area contributed by atoms with Gasteiger partial charge in [0.2, 0.25) is 17.7 Å². The molecule has 3 N–H and O–H groups in total. The largest absolute Gasteiger partial charge is 0.716 e. The van der Waals surface area contributed by atoms with E-state index in [0.29, 0.717) is 11.1 Å². The summed E-state index contributed by atoms with van der Waals surface area (Å²) in [4.78, 5) is 36.5. The van der Waals surface area contributed by atoms with Gasteiger partial charge in [-0.1, -0.05) is 18.2 Å². The van der Waals surface area contributed by atoms with Gasteiger partial charge >= 0.3 is 0 Å². The lowest BCUT2D eigenvalue weighted by Crippen LogP contribution is -2.48. The Hall–Kier alpha value is -3.77. The van der Waals surface area contributed by atoms with Gasteiger partial charge in [-0.3, -0.25) is 14.4 Å². The van der Waals surface area contributed by atoms with Gasteiger partial charge in [-0.15, -0.1) is 0 Å².